The van der Waals surface area contributed by atoms with E-state index in [1.165, 1.54) is 19.7 Å². The van der Waals surface area contributed by atoms with Crippen molar-refractivity contribution in [1.29, 1.82) is 0 Å². The van der Waals surface area contributed by atoms with E-state index in [2.05, 4.69) is 18.6 Å². The molecule has 1 aromatic heterocycles. The highest BCUT2D eigenvalue weighted by atomic mass is 32.2. The van der Waals surface area contributed by atoms with Crippen molar-refractivity contribution in [3.63, 3.8) is 0 Å². The Morgan fingerprint density at radius 1 is 1.08 bits per heavy atom. The molecule has 1 aromatic carbocycles. The largest absolute Gasteiger partial charge is 0.330 e. The molecule has 7 nitrogen and oxygen atoms in total. The number of hydrogen-bond donors (Lipinski definition) is 1. The summed E-state index contributed by atoms with van der Waals surface area (Å²) < 4.78 is 29.0. The lowest BCUT2D eigenvalue weighted by Gasteiger charge is -2.10. The third-order valence-electron chi connectivity index (χ3n) is 4.06. The highest BCUT2D eigenvalue weighted by Crippen LogP contribution is 2.14. The molecule has 0 bridgehead atoms. The first-order valence-corrected chi connectivity index (χ1v) is 9.47. The third kappa shape index (κ3) is 4.26. The molecule has 136 valence electrons. The summed E-state index contributed by atoms with van der Waals surface area (Å²) in [6, 6.07) is 7.98. The van der Waals surface area contributed by atoms with Gasteiger partial charge in [-0.15, -0.1) is 0 Å². The van der Waals surface area contributed by atoms with E-state index in [9.17, 15) is 18.0 Å². The molecule has 0 aliphatic rings. The van der Waals surface area contributed by atoms with Crippen LogP contribution in [0.2, 0.25) is 0 Å². The minimum absolute atomic E-state index is 0.162. The van der Waals surface area contributed by atoms with E-state index in [-0.39, 0.29) is 6.54 Å². The molecule has 0 unspecified atom stereocenters. The summed E-state index contributed by atoms with van der Waals surface area (Å²) in [6.45, 7) is 4.38. The van der Waals surface area contributed by atoms with Crippen molar-refractivity contribution >= 4 is 10.0 Å². The van der Waals surface area contributed by atoms with Gasteiger partial charge in [-0.2, -0.15) is 0 Å². The Bertz CT molecular complexity index is 970. The summed E-state index contributed by atoms with van der Waals surface area (Å²) in [6.07, 6.45) is 1.55. The predicted molar refractivity (Wildman–Crippen MR) is 96.3 cm³/mol. The van der Waals surface area contributed by atoms with E-state index in [1.54, 1.807) is 0 Å². The molecule has 0 aliphatic heterocycles. The Hall–Kier alpha value is -2.19. The van der Waals surface area contributed by atoms with Gasteiger partial charge in [0, 0.05) is 26.8 Å². The number of sulfonamides is 1. The fourth-order valence-electron chi connectivity index (χ4n) is 2.44. The number of hydrogen-bond acceptors (Lipinski definition) is 4. The van der Waals surface area contributed by atoms with Gasteiger partial charge in [0.25, 0.3) is 5.56 Å². The molecule has 2 rings (SSSR count). The number of nitrogens with zero attached hydrogens (tertiary/aromatic N) is 2. The van der Waals surface area contributed by atoms with E-state index in [0.717, 1.165) is 20.9 Å². The van der Waals surface area contributed by atoms with Crippen LogP contribution < -0.4 is 16.0 Å². The smallest absolute Gasteiger partial charge is 0.302 e. The van der Waals surface area contributed by atoms with Crippen LogP contribution in [0.15, 0.2) is 44.9 Å². The zero-order valence-electron chi connectivity index (χ0n) is 14.8. The van der Waals surface area contributed by atoms with Gasteiger partial charge in [-0.1, -0.05) is 38.1 Å². The number of nitrogens with one attached hydrogen (secondary N) is 1. The summed E-state index contributed by atoms with van der Waals surface area (Å²) >= 11 is 0. The van der Waals surface area contributed by atoms with Crippen molar-refractivity contribution in [2.24, 2.45) is 14.1 Å². The fourth-order valence-corrected chi connectivity index (χ4v) is 3.63. The Balaban J connectivity index is 2.12. The molecular weight excluding hydrogens is 342 g/mol. The van der Waals surface area contributed by atoms with Gasteiger partial charge in [0.2, 0.25) is 10.0 Å². The van der Waals surface area contributed by atoms with E-state index >= 15 is 0 Å². The van der Waals surface area contributed by atoms with Crippen LogP contribution in [0.25, 0.3) is 0 Å². The van der Waals surface area contributed by atoms with Crippen LogP contribution in [0, 0.1) is 0 Å². The first-order valence-electron chi connectivity index (χ1n) is 7.98. The topological polar surface area (TPSA) is 90.2 Å². The van der Waals surface area contributed by atoms with Crippen LogP contribution in [0.5, 0.6) is 0 Å². The SMILES string of the molecule is CC(C)c1ccc(CCNS(=O)(=O)c2cn(C)c(=O)n(C)c2=O)cc1. The summed E-state index contributed by atoms with van der Waals surface area (Å²) in [5, 5.41) is 0. The van der Waals surface area contributed by atoms with E-state index in [1.807, 2.05) is 24.3 Å². The minimum atomic E-state index is -3.99. The minimum Gasteiger partial charge on any atom is -0.302 e. The van der Waals surface area contributed by atoms with Gasteiger partial charge in [0.15, 0.2) is 4.90 Å². The van der Waals surface area contributed by atoms with Crippen molar-refractivity contribution in [2.45, 2.75) is 31.1 Å². The van der Waals surface area contributed by atoms with Crippen LogP contribution in [-0.4, -0.2) is 24.1 Å². The lowest BCUT2D eigenvalue weighted by molar-refractivity contribution is 0.571. The van der Waals surface area contributed by atoms with Crippen molar-refractivity contribution in [3.8, 4) is 0 Å². The molecule has 25 heavy (non-hydrogen) atoms. The van der Waals surface area contributed by atoms with Crippen molar-refractivity contribution in [3.05, 3.63) is 62.4 Å². The molecule has 0 fully saturated rings. The van der Waals surface area contributed by atoms with Crippen LogP contribution >= 0.6 is 0 Å². The second-order valence-electron chi connectivity index (χ2n) is 6.30. The van der Waals surface area contributed by atoms with Crippen LogP contribution in [0.3, 0.4) is 0 Å². The van der Waals surface area contributed by atoms with E-state index in [4.69, 9.17) is 0 Å². The standard InChI is InChI=1S/C17H23N3O4S/c1-12(2)14-7-5-13(6-8-14)9-10-18-25(23,24)15-11-19(3)17(22)20(4)16(15)21/h5-8,11-12,18H,9-10H2,1-4H3. The molecule has 0 aliphatic carbocycles. The van der Waals surface area contributed by atoms with Gasteiger partial charge in [-0.3, -0.25) is 9.36 Å². The maximum atomic E-state index is 12.4. The van der Waals surface area contributed by atoms with Crippen LogP contribution in [-0.2, 0) is 30.5 Å². The summed E-state index contributed by atoms with van der Waals surface area (Å²) in [4.78, 5) is 23.3. The van der Waals surface area contributed by atoms with Crippen LogP contribution in [0.4, 0.5) is 0 Å². The Labute approximate surface area is 147 Å². The molecule has 1 heterocycles. The number of benzene rings is 1. The summed E-state index contributed by atoms with van der Waals surface area (Å²) in [7, 11) is -1.34. The normalized spacial score (nSPS) is 11.9. The van der Waals surface area contributed by atoms with E-state index in [0.29, 0.717) is 12.3 Å². The second kappa shape index (κ2) is 7.37. The van der Waals surface area contributed by atoms with Crippen molar-refractivity contribution < 1.29 is 8.42 Å². The maximum absolute atomic E-state index is 12.4. The lowest BCUT2D eigenvalue weighted by atomic mass is 10.0. The fraction of sp³-hybridized carbons (Fsp3) is 0.412. The average Bonchev–Trinajstić information content (AvgIpc) is 2.56. The molecule has 0 atom stereocenters. The van der Waals surface area contributed by atoms with Crippen molar-refractivity contribution in [1.82, 2.24) is 13.9 Å². The van der Waals surface area contributed by atoms with Gasteiger partial charge < -0.3 is 4.57 Å². The monoisotopic (exact) mass is 365 g/mol. The summed E-state index contributed by atoms with van der Waals surface area (Å²) in [5.74, 6) is 0.438. The molecule has 8 heteroatoms. The number of aromatic nitrogens is 2. The van der Waals surface area contributed by atoms with Gasteiger partial charge in [-0.05, 0) is 23.5 Å². The highest BCUT2D eigenvalue weighted by molar-refractivity contribution is 7.89. The quantitative estimate of drug-likeness (QED) is 0.817. The molecule has 1 N–H and O–H groups in total. The van der Waals surface area contributed by atoms with Gasteiger partial charge >= 0.3 is 5.69 Å². The molecule has 0 saturated heterocycles. The lowest BCUT2D eigenvalue weighted by Crippen LogP contribution is -2.41. The van der Waals surface area contributed by atoms with Gasteiger partial charge in [0.1, 0.15) is 0 Å². The predicted octanol–water partition coefficient (Wildman–Crippen LogP) is 0.728. The van der Waals surface area contributed by atoms with Gasteiger partial charge in [-0.25, -0.2) is 17.9 Å². The molecule has 2 aromatic rings. The Morgan fingerprint density at radius 2 is 1.68 bits per heavy atom. The molecule has 0 saturated carbocycles. The van der Waals surface area contributed by atoms with Crippen molar-refractivity contribution in [2.75, 3.05) is 6.54 Å². The molecule has 0 spiro atoms. The maximum Gasteiger partial charge on any atom is 0.330 e. The third-order valence-corrected chi connectivity index (χ3v) is 5.50. The zero-order chi connectivity index (χ0) is 18.8. The van der Waals surface area contributed by atoms with Gasteiger partial charge in [0.05, 0.1) is 0 Å². The number of rotatable bonds is 6. The zero-order valence-corrected chi connectivity index (χ0v) is 15.6. The Morgan fingerprint density at radius 3 is 2.24 bits per heavy atom. The number of aryl methyl sites for hydroxylation is 1. The molecule has 0 radical (unpaired) electrons. The molecular formula is C17H23N3O4S. The molecule has 0 amide bonds. The first kappa shape index (κ1) is 19.1. The van der Waals surface area contributed by atoms with Crippen LogP contribution in [0.1, 0.15) is 30.9 Å². The highest BCUT2D eigenvalue weighted by Gasteiger charge is 2.20. The summed E-state index contributed by atoms with van der Waals surface area (Å²) in [5.41, 5.74) is 0.810. The average molecular weight is 365 g/mol. The van der Waals surface area contributed by atoms with E-state index < -0.39 is 26.2 Å². The second-order valence-corrected chi connectivity index (χ2v) is 8.03. The Kier molecular flexibility index (Phi) is 5.64. The first-order chi connectivity index (χ1) is 11.6.